The third-order valence-electron chi connectivity index (χ3n) is 1.36. The van der Waals surface area contributed by atoms with Gasteiger partial charge in [-0.25, -0.2) is 8.42 Å². The van der Waals surface area contributed by atoms with Gasteiger partial charge in [-0.05, 0) is 0 Å². The molecule has 1 heterocycles. The van der Waals surface area contributed by atoms with Crippen LogP contribution in [0.2, 0.25) is 0 Å². The lowest BCUT2D eigenvalue weighted by Crippen LogP contribution is -2.27. The summed E-state index contributed by atoms with van der Waals surface area (Å²) < 4.78 is 21.4. The second-order valence-electron chi connectivity index (χ2n) is 2.61. The Bertz CT molecular complexity index is 194. The van der Waals surface area contributed by atoms with Gasteiger partial charge in [0.1, 0.15) is 5.88 Å². The lowest BCUT2D eigenvalue weighted by molar-refractivity contribution is 0.384. The van der Waals surface area contributed by atoms with E-state index in [4.69, 9.17) is 0 Å². The second kappa shape index (κ2) is 2.86. The predicted octanol–water partition coefficient (Wildman–Crippen LogP) is -1.15. The van der Waals surface area contributed by atoms with Crippen LogP contribution in [0, 0.1) is 0 Å². The van der Waals surface area contributed by atoms with Gasteiger partial charge in [-0.1, -0.05) is 0 Å². The zero-order valence-corrected chi connectivity index (χ0v) is 6.82. The molecule has 0 aliphatic carbocycles. The third kappa shape index (κ3) is 2.64. The quantitative estimate of drug-likeness (QED) is 0.560. The highest BCUT2D eigenvalue weighted by Crippen LogP contribution is 1.95. The molecule has 4 nitrogen and oxygen atoms in total. The van der Waals surface area contributed by atoms with Crippen LogP contribution >= 0.6 is 0 Å². The number of nitrogens with one attached hydrogen (secondary N) is 1. The molecule has 1 fully saturated rings. The molecule has 1 rings (SSSR count). The molecular weight excluding hydrogens is 152 g/mol. The first-order chi connectivity index (χ1) is 4.58. The van der Waals surface area contributed by atoms with Gasteiger partial charge in [0.2, 0.25) is 0 Å². The Morgan fingerprint density at radius 3 is 2.70 bits per heavy atom. The van der Waals surface area contributed by atoms with E-state index in [0.29, 0.717) is 6.67 Å². The fourth-order valence-corrected chi connectivity index (χ4v) is 1.88. The first-order valence-electron chi connectivity index (χ1n) is 3.19. The molecule has 0 spiro atoms. The molecule has 0 unspecified atom stereocenters. The SMILES string of the molecule is CS(=O)(=O)CN1CCNC1. The molecule has 0 aromatic rings. The zero-order valence-electron chi connectivity index (χ0n) is 6.00. The summed E-state index contributed by atoms with van der Waals surface area (Å²) in [4.78, 5) is 1.87. The van der Waals surface area contributed by atoms with Gasteiger partial charge in [-0.2, -0.15) is 0 Å². The predicted molar refractivity (Wildman–Crippen MR) is 39.3 cm³/mol. The van der Waals surface area contributed by atoms with E-state index in [1.54, 1.807) is 0 Å². The lowest BCUT2D eigenvalue weighted by Gasteiger charge is -2.10. The lowest BCUT2D eigenvalue weighted by atomic mass is 10.7. The average Bonchev–Trinajstić information content (AvgIpc) is 2.12. The van der Waals surface area contributed by atoms with Gasteiger partial charge in [0.05, 0.1) is 0 Å². The summed E-state index contributed by atoms with van der Waals surface area (Å²) >= 11 is 0. The first kappa shape index (κ1) is 7.97. The van der Waals surface area contributed by atoms with Crippen LogP contribution in [0.3, 0.4) is 0 Å². The molecule has 0 radical (unpaired) electrons. The minimum atomic E-state index is -2.82. The molecule has 0 amide bonds. The van der Waals surface area contributed by atoms with Crippen molar-refractivity contribution in [2.24, 2.45) is 0 Å². The Morgan fingerprint density at radius 1 is 1.60 bits per heavy atom. The molecule has 1 saturated heterocycles. The van der Waals surface area contributed by atoms with Gasteiger partial charge in [0, 0.05) is 26.0 Å². The largest absolute Gasteiger partial charge is 0.303 e. The smallest absolute Gasteiger partial charge is 0.160 e. The van der Waals surface area contributed by atoms with Gasteiger partial charge in [0.25, 0.3) is 0 Å². The van der Waals surface area contributed by atoms with E-state index in [9.17, 15) is 8.42 Å². The minimum Gasteiger partial charge on any atom is -0.303 e. The van der Waals surface area contributed by atoms with Crippen LogP contribution in [-0.2, 0) is 9.84 Å². The van der Waals surface area contributed by atoms with Crippen LogP contribution < -0.4 is 5.32 Å². The van der Waals surface area contributed by atoms with E-state index >= 15 is 0 Å². The summed E-state index contributed by atoms with van der Waals surface area (Å²) in [5, 5.41) is 3.06. The summed E-state index contributed by atoms with van der Waals surface area (Å²) in [5.41, 5.74) is 0. The number of rotatable bonds is 2. The van der Waals surface area contributed by atoms with E-state index in [-0.39, 0.29) is 5.88 Å². The van der Waals surface area contributed by atoms with Crippen LogP contribution in [-0.4, -0.2) is 45.2 Å². The van der Waals surface area contributed by atoms with Crippen molar-refractivity contribution >= 4 is 9.84 Å². The van der Waals surface area contributed by atoms with E-state index in [1.807, 2.05) is 4.90 Å². The molecule has 0 atom stereocenters. The first-order valence-corrected chi connectivity index (χ1v) is 5.25. The Hall–Kier alpha value is -0.130. The molecule has 1 N–H and O–H groups in total. The normalized spacial score (nSPS) is 21.7. The van der Waals surface area contributed by atoms with Crippen LogP contribution in [0.4, 0.5) is 0 Å². The fourth-order valence-electron chi connectivity index (χ4n) is 0.995. The van der Waals surface area contributed by atoms with Gasteiger partial charge < -0.3 is 5.32 Å². The summed E-state index contributed by atoms with van der Waals surface area (Å²) in [7, 11) is -2.82. The van der Waals surface area contributed by atoms with Crippen molar-refractivity contribution in [1.82, 2.24) is 10.2 Å². The second-order valence-corrected chi connectivity index (χ2v) is 4.72. The topological polar surface area (TPSA) is 49.4 Å². The van der Waals surface area contributed by atoms with Crippen LogP contribution in [0.5, 0.6) is 0 Å². The molecule has 0 aromatic heterocycles. The number of sulfone groups is 1. The van der Waals surface area contributed by atoms with E-state index in [1.165, 1.54) is 6.26 Å². The van der Waals surface area contributed by atoms with Crippen molar-refractivity contribution in [3.63, 3.8) is 0 Å². The molecule has 0 saturated carbocycles. The van der Waals surface area contributed by atoms with Gasteiger partial charge in [0.15, 0.2) is 9.84 Å². The number of hydrogen-bond acceptors (Lipinski definition) is 4. The van der Waals surface area contributed by atoms with E-state index < -0.39 is 9.84 Å². The fraction of sp³-hybridized carbons (Fsp3) is 1.00. The van der Waals surface area contributed by atoms with Gasteiger partial charge in [-0.15, -0.1) is 0 Å². The zero-order chi connectivity index (χ0) is 7.61. The van der Waals surface area contributed by atoms with Crippen molar-refractivity contribution in [2.45, 2.75) is 0 Å². The Morgan fingerprint density at radius 2 is 2.30 bits per heavy atom. The molecule has 60 valence electrons. The minimum absolute atomic E-state index is 0.181. The maximum atomic E-state index is 10.7. The Kier molecular flexibility index (Phi) is 2.28. The van der Waals surface area contributed by atoms with Gasteiger partial charge >= 0.3 is 0 Å². The maximum Gasteiger partial charge on any atom is 0.160 e. The average molecular weight is 164 g/mol. The molecule has 1 aliphatic heterocycles. The highest BCUT2D eigenvalue weighted by Gasteiger charge is 2.14. The summed E-state index contributed by atoms with van der Waals surface area (Å²) in [6, 6.07) is 0. The van der Waals surface area contributed by atoms with Crippen molar-refractivity contribution in [3.8, 4) is 0 Å². The standard InChI is InChI=1S/C5H12N2O2S/c1-10(8,9)5-7-3-2-6-4-7/h6H,2-5H2,1H3. The molecule has 0 aromatic carbocycles. The highest BCUT2D eigenvalue weighted by molar-refractivity contribution is 7.90. The van der Waals surface area contributed by atoms with Crippen molar-refractivity contribution in [1.29, 1.82) is 0 Å². The van der Waals surface area contributed by atoms with Crippen molar-refractivity contribution in [2.75, 3.05) is 31.9 Å². The summed E-state index contributed by atoms with van der Waals surface area (Å²) in [5.74, 6) is 0.181. The monoisotopic (exact) mass is 164 g/mol. The summed E-state index contributed by atoms with van der Waals surface area (Å²) in [6.07, 6.45) is 1.26. The van der Waals surface area contributed by atoms with E-state index in [2.05, 4.69) is 5.32 Å². The number of nitrogens with zero attached hydrogens (tertiary/aromatic N) is 1. The van der Waals surface area contributed by atoms with Crippen LogP contribution in [0.15, 0.2) is 0 Å². The molecular formula is C5H12N2O2S. The number of hydrogen-bond donors (Lipinski definition) is 1. The third-order valence-corrected chi connectivity index (χ3v) is 2.19. The van der Waals surface area contributed by atoms with Crippen LogP contribution in [0.1, 0.15) is 0 Å². The van der Waals surface area contributed by atoms with Gasteiger partial charge in [-0.3, -0.25) is 4.90 Å². The Balaban J connectivity index is 2.38. The van der Waals surface area contributed by atoms with Crippen LogP contribution in [0.25, 0.3) is 0 Å². The molecule has 1 aliphatic rings. The summed E-state index contributed by atoms with van der Waals surface area (Å²) in [6.45, 7) is 2.44. The maximum absolute atomic E-state index is 10.7. The van der Waals surface area contributed by atoms with Crippen molar-refractivity contribution < 1.29 is 8.42 Å². The highest BCUT2D eigenvalue weighted by atomic mass is 32.2. The van der Waals surface area contributed by atoms with Crippen molar-refractivity contribution in [3.05, 3.63) is 0 Å². The Labute approximate surface area is 61.1 Å². The molecule has 10 heavy (non-hydrogen) atoms. The molecule has 0 bridgehead atoms. The van der Waals surface area contributed by atoms with E-state index in [0.717, 1.165) is 13.1 Å². The molecule has 5 heteroatoms.